The first-order valence-corrected chi connectivity index (χ1v) is 10.3. The highest BCUT2D eigenvalue weighted by Gasteiger charge is 2.28. The number of benzene rings is 1. The summed E-state index contributed by atoms with van der Waals surface area (Å²) < 4.78 is 0. The van der Waals surface area contributed by atoms with Gasteiger partial charge >= 0.3 is 0 Å². The topological polar surface area (TPSA) is 0 Å². The Morgan fingerprint density at radius 3 is 2.33 bits per heavy atom. The van der Waals surface area contributed by atoms with Gasteiger partial charge in [0.25, 0.3) is 0 Å². The van der Waals surface area contributed by atoms with Crippen LogP contribution in [-0.2, 0) is 0 Å². The summed E-state index contributed by atoms with van der Waals surface area (Å²) in [7, 11) is -1.46. The van der Waals surface area contributed by atoms with Crippen molar-refractivity contribution in [3.05, 3.63) is 42.1 Å². The highest BCUT2D eigenvalue weighted by atomic mass is 28.3. The van der Waals surface area contributed by atoms with Gasteiger partial charge in [0.1, 0.15) is 8.07 Å². The molecule has 0 saturated heterocycles. The van der Waals surface area contributed by atoms with Crippen LogP contribution in [0.1, 0.15) is 38.5 Å². The Kier molecular flexibility index (Phi) is 4.44. The average molecular weight is 258 g/mol. The van der Waals surface area contributed by atoms with Crippen LogP contribution in [0.25, 0.3) is 0 Å². The molecule has 1 aliphatic rings. The number of allylic oxidation sites excluding steroid dienone is 1. The van der Waals surface area contributed by atoms with Gasteiger partial charge in [-0.3, -0.25) is 0 Å². The molecule has 0 heterocycles. The van der Waals surface area contributed by atoms with Crippen LogP contribution in [0.4, 0.5) is 0 Å². The summed E-state index contributed by atoms with van der Waals surface area (Å²) in [6.07, 6.45) is 8.45. The average Bonchev–Trinajstić information content (AvgIpc) is 2.41. The highest BCUT2D eigenvalue weighted by molar-refractivity contribution is 6.95. The number of hydrogen-bond donors (Lipinski definition) is 0. The summed E-state index contributed by atoms with van der Waals surface area (Å²) in [5.74, 6) is 0.918. The van der Waals surface area contributed by atoms with Gasteiger partial charge in [0.05, 0.1) is 0 Å². The van der Waals surface area contributed by atoms with Crippen molar-refractivity contribution in [2.75, 3.05) is 0 Å². The van der Waals surface area contributed by atoms with E-state index in [4.69, 9.17) is 0 Å². The second kappa shape index (κ2) is 5.88. The third-order valence-corrected chi connectivity index (χ3v) is 8.39. The second-order valence-corrected chi connectivity index (χ2v) is 10.8. The monoisotopic (exact) mass is 258 g/mol. The lowest BCUT2D eigenvalue weighted by Crippen LogP contribution is -2.43. The van der Waals surface area contributed by atoms with Gasteiger partial charge in [-0.25, -0.2) is 0 Å². The molecule has 2 rings (SSSR count). The fourth-order valence-corrected chi connectivity index (χ4v) is 5.29. The Hall–Kier alpha value is -0.823. The highest BCUT2D eigenvalue weighted by Crippen LogP contribution is 2.31. The number of rotatable bonds is 4. The van der Waals surface area contributed by atoms with Crippen LogP contribution < -0.4 is 5.19 Å². The summed E-state index contributed by atoms with van der Waals surface area (Å²) >= 11 is 0. The van der Waals surface area contributed by atoms with Crippen molar-refractivity contribution in [2.45, 2.75) is 51.6 Å². The molecule has 1 fully saturated rings. The maximum Gasteiger partial charge on any atom is 0.106 e. The van der Waals surface area contributed by atoms with Crippen molar-refractivity contribution < 1.29 is 0 Å². The molecule has 1 aromatic carbocycles. The summed E-state index contributed by atoms with van der Waals surface area (Å²) in [5.41, 5.74) is 0. The zero-order chi connectivity index (χ0) is 13.0. The molecular formula is C17H26Si. The van der Waals surface area contributed by atoms with Crippen molar-refractivity contribution in [2.24, 2.45) is 5.92 Å². The minimum absolute atomic E-state index is 0.918. The lowest BCUT2D eigenvalue weighted by molar-refractivity contribution is 0.359. The molecule has 1 aliphatic carbocycles. The van der Waals surface area contributed by atoms with Crippen LogP contribution in [0.2, 0.25) is 13.1 Å². The van der Waals surface area contributed by atoms with E-state index in [1.807, 2.05) is 0 Å². The Morgan fingerprint density at radius 2 is 1.72 bits per heavy atom. The molecule has 1 saturated carbocycles. The van der Waals surface area contributed by atoms with E-state index in [1.54, 1.807) is 5.20 Å². The first kappa shape index (κ1) is 13.6. The van der Waals surface area contributed by atoms with Gasteiger partial charge in [-0.05, 0) is 12.3 Å². The molecule has 0 aromatic heterocycles. The molecule has 1 aromatic rings. The smallest absolute Gasteiger partial charge is 0.103 e. The van der Waals surface area contributed by atoms with E-state index < -0.39 is 8.07 Å². The number of hydrogen-bond acceptors (Lipinski definition) is 0. The lowest BCUT2D eigenvalue weighted by atomic mass is 9.87. The zero-order valence-electron chi connectivity index (χ0n) is 11.9. The molecule has 0 amide bonds. The van der Waals surface area contributed by atoms with Crippen LogP contribution in [0.5, 0.6) is 0 Å². The molecular weight excluding hydrogens is 232 g/mol. The maximum absolute atomic E-state index is 4.46. The molecule has 0 atom stereocenters. The summed E-state index contributed by atoms with van der Waals surface area (Å²) in [6, 6.07) is 11.0. The van der Waals surface area contributed by atoms with Crippen LogP contribution in [0.15, 0.2) is 42.1 Å². The predicted octanol–water partition coefficient (Wildman–Crippen LogP) is 4.67. The molecule has 18 heavy (non-hydrogen) atoms. The van der Waals surface area contributed by atoms with E-state index in [2.05, 4.69) is 50.0 Å². The molecule has 0 nitrogen and oxygen atoms in total. The molecule has 1 heteroatoms. The second-order valence-electron chi connectivity index (χ2n) is 6.30. The minimum Gasteiger partial charge on any atom is -0.103 e. The largest absolute Gasteiger partial charge is 0.106 e. The van der Waals surface area contributed by atoms with E-state index in [9.17, 15) is 0 Å². The minimum atomic E-state index is -1.46. The third-order valence-electron chi connectivity index (χ3n) is 4.64. The molecule has 0 spiro atoms. The van der Waals surface area contributed by atoms with Crippen molar-refractivity contribution in [1.82, 2.24) is 0 Å². The van der Waals surface area contributed by atoms with Gasteiger partial charge < -0.3 is 0 Å². The predicted molar refractivity (Wildman–Crippen MR) is 83.9 cm³/mol. The van der Waals surface area contributed by atoms with Gasteiger partial charge in [0.2, 0.25) is 0 Å². The molecule has 98 valence electrons. The first-order valence-electron chi connectivity index (χ1n) is 7.34. The van der Waals surface area contributed by atoms with Gasteiger partial charge in [-0.2, -0.15) is 0 Å². The Labute approximate surface area is 113 Å². The van der Waals surface area contributed by atoms with E-state index in [0.717, 1.165) is 5.92 Å². The normalized spacial score (nSPS) is 17.7. The standard InChI is InChI=1S/C17H26Si/c1-15(14-16-10-6-4-7-11-16)18(2,3)17-12-8-5-9-13-17/h5,8-9,12-13,16H,1,4,6-7,10-11,14H2,2-3H3. The fraction of sp³-hybridized carbons (Fsp3) is 0.529. The Balaban J connectivity index is 2.03. The summed E-state index contributed by atoms with van der Waals surface area (Å²) in [6.45, 7) is 9.36. The fourth-order valence-electron chi connectivity index (χ4n) is 3.05. The Morgan fingerprint density at radius 1 is 1.11 bits per heavy atom. The van der Waals surface area contributed by atoms with Gasteiger partial charge in [0.15, 0.2) is 0 Å². The summed E-state index contributed by atoms with van der Waals surface area (Å²) in [4.78, 5) is 0. The molecule has 0 bridgehead atoms. The van der Waals surface area contributed by atoms with E-state index >= 15 is 0 Å². The van der Waals surface area contributed by atoms with Crippen molar-refractivity contribution in [3.8, 4) is 0 Å². The summed E-state index contributed by atoms with van der Waals surface area (Å²) in [5, 5.41) is 3.08. The SMILES string of the molecule is C=C(CC1CCCCC1)[Si](C)(C)c1ccccc1. The van der Waals surface area contributed by atoms with Crippen molar-refractivity contribution >= 4 is 13.3 Å². The Bertz CT molecular complexity index is 385. The van der Waals surface area contributed by atoms with E-state index in [-0.39, 0.29) is 0 Å². The van der Waals surface area contributed by atoms with Crippen LogP contribution in [0.3, 0.4) is 0 Å². The zero-order valence-corrected chi connectivity index (χ0v) is 12.9. The van der Waals surface area contributed by atoms with Gasteiger partial charge in [-0.1, -0.05) is 85.9 Å². The molecule has 0 unspecified atom stereocenters. The van der Waals surface area contributed by atoms with E-state index in [1.165, 1.54) is 43.7 Å². The molecule has 0 radical (unpaired) electrons. The quantitative estimate of drug-likeness (QED) is 0.689. The van der Waals surface area contributed by atoms with Gasteiger partial charge in [-0.15, -0.1) is 6.58 Å². The van der Waals surface area contributed by atoms with Crippen LogP contribution in [-0.4, -0.2) is 8.07 Å². The maximum atomic E-state index is 4.46. The van der Waals surface area contributed by atoms with Gasteiger partial charge in [0, 0.05) is 0 Å². The van der Waals surface area contributed by atoms with Crippen LogP contribution >= 0.6 is 0 Å². The molecule has 0 aliphatic heterocycles. The third kappa shape index (κ3) is 3.14. The lowest BCUT2D eigenvalue weighted by Gasteiger charge is -2.30. The molecule has 0 N–H and O–H groups in total. The van der Waals surface area contributed by atoms with E-state index in [0.29, 0.717) is 0 Å². The van der Waals surface area contributed by atoms with Crippen molar-refractivity contribution in [3.63, 3.8) is 0 Å². The first-order chi connectivity index (χ1) is 8.60. The van der Waals surface area contributed by atoms with Crippen molar-refractivity contribution in [1.29, 1.82) is 0 Å². The van der Waals surface area contributed by atoms with Crippen LogP contribution in [0, 0.1) is 5.92 Å².